The van der Waals surface area contributed by atoms with Crippen molar-refractivity contribution in [3.8, 4) is 0 Å². The van der Waals surface area contributed by atoms with Gasteiger partial charge in [0.2, 0.25) is 10.0 Å². The second-order valence-corrected chi connectivity index (χ2v) is 9.83. The summed E-state index contributed by atoms with van der Waals surface area (Å²) < 4.78 is 27.7. The van der Waals surface area contributed by atoms with Crippen molar-refractivity contribution in [2.24, 2.45) is 0 Å². The van der Waals surface area contributed by atoms with Crippen LogP contribution >= 0.6 is 0 Å². The van der Waals surface area contributed by atoms with E-state index in [4.69, 9.17) is 0 Å². The monoisotopic (exact) mass is 415 g/mol. The van der Waals surface area contributed by atoms with Crippen LogP contribution in [-0.4, -0.2) is 36.7 Å². The molecule has 0 atom stereocenters. The van der Waals surface area contributed by atoms with Crippen molar-refractivity contribution in [2.45, 2.75) is 63.8 Å². The summed E-state index contributed by atoms with van der Waals surface area (Å²) >= 11 is 0. The fraction of sp³-hybridized carbons (Fsp3) is 0.455. The Hall–Kier alpha value is -2.25. The van der Waals surface area contributed by atoms with Gasteiger partial charge in [-0.05, 0) is 63.4 Å². The topological polar surface area (TPSA) is 79.4 Å². The molecule has 1 aromatic carbocycles. The third kappa shape index (κ3) is 4.67. The fourth-order valence-electron chi connectivity index (χ4n) is 4.00. The van der Waals surface area contributed by atoms with Gasteiger partial charge in [-0.25, -0.2) is 8.42 Å². The highest BCUT2D eigenvalue weighted by molar-refractivity contribution is 7.89. The zero-order valence-electron chi connectivity index (χ0n) is 17.5. The van der Waals surface area contributed by atoms with Gasteiger partial charge in [-0.15, -0.1) is 0 Å². The number of aromatic nitrogens is 1. The van der Waals surface area contributed by atoms with Gasteiger partial charge >= 0.3 is 0 Å². The van der Waals surface area contributed by atoms with Gasteiger partial charge in [0.1, 0.15) is 0 Å². The van der Waals surface area contributed by atoms with E-state index in [1.807, 2.05) is 26.8 Å². The van der Waals surface area contributed by atoms with Gasteiger partial charge in [0, 0.05) is 24.3 Å². The molecule has 1 N–H and O–H groups in total. The van der Waals surface area contributed by atoms with Gasteiger partial charge < -0.3 is 5.32 Å². The number of carbonyl (C=O) groups is 1. The van der Waals surface area contributed by atoms with E-state index < -0.39 is 10.0 Å². The van der Waals surface area contributed by atoms with Crippen LogP contribution in [0.2, 0.25) is 0 Å². The highest BCUT2D eigenvalue weighted by Crippen LogP contribution is 2.27. The van der Waals surface area contributed by atoms with Crippen LogP contribution in [-0.2, 0) is 10.0 Å². The lowest BCUT2D eigenvalue weighted by Gasteiger charge is -2.30. The number of pyridine rings is 1. The summed E-state index contributed by atoms with van der Waals surface area (Å²) in [6, 6.07) is 8.18. The van der Waals surface area contributed by atoms with Crippen LogP contribution < -0.4 is 5.32 Å². The Morgan fingerprint density at radius 2 is 1.79 bits per heavy atom. The molecule has 1 fully saturated rings. The lowest BCUT2D eigenvalue weighted by Crippen LogP contribution is -2.38. The lowest BCUT2D eigenvalue weighted by molar-refractivity contribution is 0.102. The minimum Gasteiger partial charge on any atom is -0.320 e. The molecule has 1 aliphatic carbocycles. The van der Waals surface area contributed by atoms with Crippen LogP contribution in [0.15, 0.2) is 35.2 Å². The van der Waals surface area contributed by atoms with E-state index in [1.54, 1.807) is 25.2 Å². The van der Waals surface area contributed by atoms with Gasteiger partial charge in [0.15, 0.2) is 0 Å². The van der Waals surface area contributed by atoms with E-state index >= 15 is 0 Å². The van der Waals surface area contributed by atoms with E-state index in [0.29, 0.717) is 11.3 Å². The molecule has 0 aliphatic heterocycles. The third-order valence-corrected chi connectivity index (χ3v) is 7.53. The van der Waals surface area contributed by atoms with Crippen molar-refractivity contribution in [3.05, 3.63) is 52.8 Å². The molecular formula is C22H29N3O3S. The number of hydrogen-bond donors (Lipinski definition) is 1. The number of nitrogens with zero attached hydrogens (tertiary/aromatic N) is 2. The van der Waals surface area contributed by atoms with Crippen molar-refractivity contribution in [1.29, 1.82) is 0 Å². The van der Waals surface area contributed by atoms with Crippen LogP contribution in [0.5, 0.6) is 0 Å². The van der Waals surface area contributed by atoms with Crippen LogP contribution in [0, 0.1) is 20.8 Å². The van der Waals surface area contributed by atoms with E-state index in [-0.39, 0.29) is 16.8 Å². The SMILES string of the molecule is Cc1cc(C)c(NC(=O)c2cccc(S(=O)(=O)N(C)C3CCCCC3)c2)c(C)n1. The Kier molecular flexibility index (Phi) is 6.39. The summed E-state index contributed by atoms with van der Waals surface area (Å²) in [5.41, 5.74) is 3.51. The molecule has 156 valence electrons. The Morgan fingerprint density at radius 1 is 1.10 bits per heavy atom. The molecule has 0 bridgehead atoms. The van der Waals surface area contributed by atoms with Crippen molar-refractivity contribution >= 4 is 21.6 Å². The number of aryl methyl sites for hydroxylation is 3. The van der Waals surface area contributed by atoms with Crippen molar-refractivity contribution in [3.63, 3.8) is 0 Å². The quantitative estimate of drug-likeness (QED) is 0.793. The van der Waals surface area contributed by atoms with Crippen LogP contribution in [0.4, 0.5) is 5.69 Å². The molecule has 1 heterocycles. The molecule has 1 amide bonds. The van der Waals surface area contributed by atoms with Gasteiger partial charge in [0.25, 0.3) is 5.91 Å². The average Bonchev–Trinajstić information content (AvgIpc) is 2.70. The molecule has 0 spiro atoms. The molecule has 6 nitrogen and oxygen atoms in total. The standard InChI is InChI=1S/C22H29N3O3S/c1-15-13-16(2)23-17(3)21(15)24-22(26)18-9-8-12-20(14-18)29(27,28)25(4)19-10-6-5-7-11-19/h8-9,12-14,19H,5-7,10-11H2,1-4H3,(H,24,26). The fourth-order valence-corrected chi connectivity index (χ4v) is 5.47. The summed E-state index contributed by atoms with van der Waals surface area (Å²) in [5.74, 6) is -0.348. The number of hydrogen-bond acceptors (Lipinski definition) is 4. The lowest BCUT2D eigenvalue weighted by atomic mass is 9.96. The molecule has 0 unspecified atom stereocenters. The molecule has 29 heavy (non-hydrogen) atoms. The Labute approximate surface area is 173 Å². The summed E-state index contributed by atoms with van der Waals surface area (Å²) in [7, 11) is -2.01. The van der Waals surface area contributed by atoms with Crippen molar-refractivity contribution in [2.75, 3.05) is 12.4 Å². The molecule has 2 aromatic rings. The maximum atomic E-state index is 13.1. The van der Waals surface area contributed by atoms with E-state index in [0.717, 1.165) is 49.1 Å². The van der Waals surface area contributed by atoms with Gasteiger partial charge in [0.05, 0.1) is 16.3 Å². The summed E-state index contributed by atoms with van der Waals surface area (Å²) in [6.45, 7) is 5.66. The van der Waals surface area contributed by atoms with Gasteiger partial charge in [-0.3, -0.25) is 9.78 Å². The van der Waals surface area contributed by atoms with Crippen LogP contribution in [0.25, 0.3) is 0 Å². The van der Waals surface area contributed by atoms with Crippen molar-refractivity contribution in [1.82, 2.24) is 9.29 Å². The molecular weight excluding hydrogens is 386 g/mol. The smallest absolute Gasteiger partial charge is 0.255 e. The zero-order chi connectivity index (χ0) is 21.2. The first-order valence-corrected chi connectivity index (χ1v) is 11.5. The second-order valence-electron chi connectivity index (χ2n) is 7.84. The molecule has 0 saturated heterocycles. The number of benzene rings is 1. The predicted octanol–water partition coefficient (Wildman–Crippen LogP) is 4.21. The van der Waals surface area contributed by atoms with Crippen molar-refractivity contribution < 1.29 is 13.2 Å². The first kappa shape index (κ1) is 21.5. The molecule has 1 saturated carbocycles. The number of amides is 1. The molecule has 3 rings (SSSR count). The molecule has 1 aliphatic rings. The molecule has 0 radical (unpaired) electrons. The highest BCUT2D eigenvalue weighted by atomic mass is 32.2. The average molecular weight is 416 g/mol. The Morgan fingerprint density at radius 3 is 2.45 bits per heavy atom. The Balaban J connectivity index is 1.84. The maximum absolute atomic E-state index is 13.1. The van der Waals surface area contributed by atoms with E-state index in [2.05, 4.69) is 10.3 Å². The first-order valence-electron chi connectivity index (χ1n) is 10.0. The summed E-state index contributed by atoms with van der Waals surface area (Å²) in [6.07, 6.45) is 5.03. The van der Waals surface area contributed by atoms with E-state index in [1.165, 1.54) is 10.4 Å². The van der Waals surface area contributed by atoms with Crippen LogP contribution in [0.1, 0.15) is 59.4 Å². The minimum absolute atomic E-state index is 0.0233. The largest absolute Gasteiger partial charge is 0.320 e. The predicted molar refractivity (Wildman–Crippen MR) is 115 cm³/mol. The minimum atomic E-state index is -3.65. The second kappa shape index (κ2) is 8.63. The number of carbonyl (C=O) groups excluding carboxylic acids is 1. The normalized spacial score (nSPS) is 15.5. The van der Waals surface area contributed by atoms with Crippen LogP contribution in [0.3, 0.4) is 0 Å². The molecule has 7 heteroatoms. The highest BCUT2D eigenvalue weighted by Gasteiger charge is 2.29. The number of sulfonamides is 1. The Bertz CT molecular complexity index is 989. The maximum Gasteiger partial charge on any atom is 0.255 e. The first-order chi connectivity index (χ1) is 13.7. The number of rotatable bonds is 5. The number of nitrogens with one attached hydrogen (secondary N) is 1. The summed E-state index contributed by atoms with van der Waals surface area (Å²) in [4.78, 5) is 17.3. The molecule has 1 aromatic heterocycles. The summed E-state index contributed by atoms with van der Waals surface area (Å²) in [5, 5.41) is 2.88. The zero-order valence-corrected chi connectivity index (χ0v) is 18.3. The van der Waals surface area contributed by atoms with E-state index in [9.17, 15) is 13.2 Å². The number of anilines is 1. The van der Waals surface area contributed by atoms with Gasteiger partial charge in [-0.1, -0.05) is 25.3 Å². The van der Waals surface area contributed by atoms with Gasteiger partial charge in [-0.2, -0.15) is 4.31 Å². The third-order valence-electron chi connectivity index (χ3n) is 5.63.